The van der Waals surface area contributed by atoms with Gasteiger partial charge in [0, 0.05) is 28.8 Å². The molecule has 86 valence electrons. The molecule has 1 heterocycles. The number of nitro benzene ring substituents is 1. The predicted octanol–water partition coefficient (Wildman–Crippen LogP) is 1.77. The van der Waals surface area contributed by atoms with Crippen LogP contribution in [0.5, 0.6) is 0 Å². The molecule has 1 aliphatic heterocycles. The molecule has 1 aromatic rings. The molecule has 1 N–H and O–H groups in total. The van der Waals surface area contributed by atoms with Crippen molar-refractivity contribution < 1.29 is 10.0 Å². The molecule has 0 spiro atoms. The maximum atomic E-state index is 10.6. The van der Waals surface area contributed by atoms with Crippen LogP contribution in [0.4, 0.5) is 11.4 Å². The lowest BCUT2D eigenvalue weighted by molar-refractivity contribution is -0.384. The van der Waals surface area contributed by atoms with E-state index in [0.717, 1.165) is 22.2 Å². The monoisotopic (exact) mass is 334 g/mol. The Labute approximate surface area is 106 Å². The van der Waals surface area contributed by atoms with Crippen molar-refractivity contribution in [2.45, 2.75) is 12.5 Å². The summed E-state index contributed by atoms with van der Waals surface area (Å²) in [5.41, 5.74) is 1.07. The molecule has 1 atom stereocenters. The molecule has 0 saturated carbocycles. The number of aliphatic hydroxyl groups excluding tert-OH is 1. The lowest BCUT2D eigenvalue weighted by Crippen LogP contribution is -2.21. The van der Waals surface area contributed by atoms with E-state index in [0.29, 0.717) is 6.54 Å². The molecular weight excluding hydrogens is 323 g/mol. The van der Waals surface area contributed by atoms with Gasteiger partial charge in [-0.25, -0.2) is 0 Å². The zero-order chi connectivity index (χ0) is 11.7. The minimum atomic E-state index is -0.398. The molecule has 0 amide bonds. The van der Waals surface area contributed by atoms with E-state index in [1.807, 2.05) is 0 Å². The Balaban J connectivity index is 2.26. The quantitative estimate of drug-likeness (QED) is 0.509. The maximum Gasteiger partial charge on any atom is 0.270 e. The minimum absolute atomic E-state index is 0.105. The predicted molar refractivity (Wildman–Crippen MR) is 68.7 cm³/mol. The molecular formula is C10H11IN2O3. The highest BCUT2D eigenvalue weighted by Crippen LogP contribution is 2.29. The fourth-order valence-electron chi connectivity index (χ4n) is 1.83. The number of hydrogen-bond acceptors (Lipinski definition) is 4. The number of halogens is 1. The lowest BCUT2D eigenvalue weighted by atomic mass is 10.2. The van der Waals surface area contributed by atoms with Crippen LogP contribution in [-0.4, -0.2) is 29.2 Å². The zero-order valence-corrected chi connectivity index (χ0v) is 10.6. The third-order valence-corrected chi connectivity index (χ3v) is 3.51. The van der Waals surface area contributed by atoms with Gasteiger partial charge in [-0.3, -0.25) is 10.1 Å². The van der Waals surface area contributed by atoms with Crippen LogP contribution in [0.2, 0.25) is 0 Å². The van der Waals surface area contributed by atoms with Gasteiger partial charge in [-0.2, -0.15) is 0 Å². The summed E-state index contributed by atoms with van der Waals surface area (Å²) >= 11 is 2.09. The molecule has 1 aromatic carbocycles. The number of aliphatic hydroxyl groups is 1. The highest BCUT2D eigenvalue weighted by molar-refractivity contribution is 14.1. The fraction of sp³-hybridized carbons (Fsp3) is 0.400. The zero-order valence-electron chi connectivity index (χ0n) is 8.47. The van der Waals surface area contributed by atoms with E-state index < -0.39 is 4.92 Å². The van der Waals surface area contributed by atoms with Crippen LogP contribution in [0.1, 0.15) is 6.42 Å². The van der Waals surface area contributed by atoms with Crippen molar-refractivity contribution in [3.63, 3.8) is 0 Å². The number of rotatable bonds is 2. The molecule has 1 saturated heterocycles. The van der Waals surface area contributed by atoms with Gasteiger partial charge >= 0.3 is 0 Å². The summed E-state index contributed by atoms with van der Waals surface area (Å²) in [6.07, 6.45) is 0.471. The summed E-state index contributed by atoms with van der Waals surface area (Å²) in [5.74, 6) is 0. The third kappa shape index (κ3) is 2.27. The Kier molecular flexibility index (Phi) is 3.29. The van der Waals surface area contributed by atoms with E-state index in [1.165, 1.54) is 6.07 Å². The first-order valence-electron chi connectivity index (χ1n) is 4.95. The molecule has 16 heavy (non-hydrogen) atoms. The third-order valence-electron chi connectivity index (χ3n) is 2.65. The molecule has 0 aromatic heterocycles. The Morgan fingerprint density at radius 1 is 1.56 bits per heavy atom. The van der Waals surface area contributed by atoms with Gasteiger partial charge in [0.2, 0.25) is 0 Å². The first-order chi connectivity index (χ1) is 7.58. The number of anilines is 1. The average molecular weight is 334 g/mol. The Morgan fingerprint density at radius 2 is 2.31 bits per heavy atom. The Bertz CT molecular complexity index is 425. The van der Waals surface area contributed by atoms with Crippen molar-refractivity contribution in [1.29, 1.82) is 0 Å². The molecule has 5 nitrogen and oxygen atoms in total. The van der Waals surface area contributed by atoms with Gasteiger partial charge in [-0.15, -0.1) is 0 Å². The van der Waals surface area contributed by atoms with Gasteiger partial charge in [-0.1, -0.05) is 0 Å². The SMILES string of the molecule is O=[N+]([O-])c1ccc(N2CC[C@H](O)C2)c(I)c1. The Hall–Kier alpha value is -0.890. The van der Waals surface area contributed by atoms with Gasteiger partial charge in [0.25, 0.3) is 5.69 Å². The maximum absolute atomic E-state index is 10.6. The summed E-state index contributed by atoms with van der Waals surface area (Å²) < 4.78 is 0.848. The average Bonchev–Trinajstić information content (AvgIpc) is 2.64. The number of non-ortho nitro benzene ring substituents is 1. The van der Waals surface area contributed by atoms with Crippen molar-refractivity contribution in [1.82, 2.24) is 0 Å². The van der Waals surface area contributed by atoms with E-state index in [2.05, 4.69) is 27.5 Å². The number of nitrogens with zero attached hydrogens (tertiary/aromatic N) is 2. The molecule has 0 bridgehead atoms. The van der Waals surface area contributed by atoms with Crippen molar-refractivity contribution in [3.8, 4) is 0 Å². The van der Waals surface area contributed by atoms with Crippen molar-refractivity contribution >= 4 is 34.0 Å². The number of benzene rings is 1. The molecule has 2 rings (SSSR count). The van der Waals surface area contributed by atoms with Crippen molar-refractivity contribution in [2.24, 2.45) is 0 Å². The smallest absolute Gasteiger partial charge is 0.270 e. The highest BCUT2D eigenvalue weighted by atomic mass is 127. The minimum Gasteiger partial charge on any atom is -0.391 e. The molecule has 0 aliphatic carbocycles. The lowest BCUT2D eigenvalue weighted by Gasteiger charge is -2.19. The first kappa shape index (κ1) is 11.6. The van der Waals surface area contributed by atoms with Crippen LogP contribution in [0.15, 0.2) is 18.2 Å². The topological polar surface area (TPSA) is 66.6 Å². The summed E-state index contributed by atoms with van der Waals surface area (Å²) in [5, 5.41) is 20.0. The number of hydrogen-bond donors (Lipinski definition) is 1. The van der Waals surface area contributed by atoms with Gasteiger partial charge in [0.1, 0.15) is 0 Å². The van der Waals surface area contributed by atoms with Gasteiger partial charge in [0.05, 0.1) is 16.7 Å². The second kappa shape index (κ2) is 4.54. The van der Waals surface area contributed by atoms with Gasteiger partial charge in [0.15, 0.2) is 0 Å². The van der Waals surface area contributed by atoms with E-state index in [4.69, 9.17) is 0 Å². The van der Waals surface area contributed by atoms with Crippen LogP contribution in [0.25, 0.3) is 0 Å². The van der Waals surface area contributed by atoms with Crippen LogP contribution in [0.3, 0.4) is 0 Å². The summed E-state index contributed by atoms with van der Waals surface area (Å²) in [4.78, 5) is 12.2. The highest BCUT2D eigenvalue weighted by Gasteiger charge is 2.22. The van der Waals surface area contributed by atoms with E-state index >= 15 is 0 Å². The Morgan fingerprint density at radius 3 is 2.81 bits per heavy atom. The largest absolute Gasteiger partial charge is 0.391 e. The molecule has 1 fully saturated rings. The summed E-state index contributed by atoms with van der Waals surface area (Å²) in [6, 6.07) is 4.81. The normalized spacial score (nSPS) is 20.1. The molecule has 1 aliphatic rings. The summed E-state index contributed by atoms with van der Waals surface area (Å²) in [7, 11) is 0. The van der Waals surface area contributed by atoms with Crippen LogP contribution >= 0.6 is 22.6 Å². The van der Waals surface area contributed by atoms with E-state index in [9.17, 15) is 15.2 Å². The van der Waals surface area contributed by atoms with Crippen molar-refractivity contribution in [3.05, 3.63) is 31.9 Å². The van der Waals surface area contributed by atoms with E-state index in [-0.39, 0.29) is 11.8 Å². The van der Waals surface area contributed by atoms with Gasteiger partial charge < -0.3 is 10.0 Å². The van der Waals surface area contributed by atoms with Gasteiger partial charge in [-0.05, 0) is 35.1 Å². The standard InChI is InChI=1S/C10H11IN2O3/c11-9-5-7(13(15)16)1-2-10(9)12-4-3-8(14)6-12/h1-2,5,8,14H,3-4,6H2/t8-/m0/s1. The summed E-state index contributed by atoms with van der Waals surface area (Å²) in [6.45, 7) is 1.41. The second-order valence-electron chi connectivity index (χ2n) is 3.78. The number of nitro groups is 1. The second-order valence-corrected chi connectivity index (χ2v) is 4.94. The first-order valence-corrected chi connectivity index (χ1v) is 6.03. The number of β-amino-alcohol motifs (C(OH)–C–C–N with tert-alkyl or cyclic N) is 1. The van der Waals surface area contributed by atoms with Crippen LogP contribution < -0.4 is 4.90 Å². The van der Waals surface area contributed by atoms with E-state index in [1.54, 1.807) is 12.1 Å². The van der Waals surface area contributed by atoms with Crippen LogP contribution in [0, 0.1) is 13.7 Å². The fourth-order valence-corrected chi connectivity index (χ4v) is 2.67. The molecule has 6 heteroatoms. The van der Waals surface area contributed by atoms with Crippen LogP contribution in [-0.2, 0) is 0 Å². The molecule has 0 unspecified atom stereocenters. The van der Waals surface area contributed by atoms with Crippen molar-refractivity contribution in [2.75, 3.05) is 18.0 Å². The molecule has 0 radical (unpaired) electrons.